The first-order valence-electron chi connectivity index (χ1n) is 9.24. The van der Waals surface area contributed by atoms with Crippen molar-refractivity contribution in [1.82, 2.24) is 9.47 Å². The van der Waals surface area contributed by atoms with E-state index in [1.165, 1.54) is 0 Å². The number of amides is 1. The molecule has 0 bridgehead atoms. The number of aromatic nitrogens is 1. The highest BCUT2D eigenvalue weighted by atomic mass is 16.4. The maximum absolute atomic E-state index is 13.1. The monoisotopic (exact) mass is 362 g/mol. The predicted molar refractivity (Wildman–Crippen MR) is 104 cm³/mol. The van der Waals surface area contributed by atoms with Crippen LogP contribution in [-0.2, 0) is 19.4 Å². The van der Waals surface area contributed by atoms with Crippen molar-refractivity contribution in [3.8, 4) is 0 Å². The van der Waals surface area contributed by atoms with E-state index in [1.54, 1.807) is 17.0 Å². The minimum Gasteiger partial charge on any atom is -0.478 e. The second-order valence-electron chi connectivity index (χ2n) is 7.05. The fourth-order valence-electron chi connectivity index (χ4n) is 4.03. The van der Waals surface area contributed by atoms with E-state index >= 15 is 0 Å². The summed E-state index contributed by atoms with van der Waals surface area (Å²) >= 11 is 0. The Morgan fingerprint density at radius 2 is 1.89 bits per heavy atom. The molecule has 0 radical (unpaired) electrons. The van der Waals surface area contributed by atoms with Crippen LogP contribution in [-0.4, -0.2) is 40.0 Å². The summed E-state index contributed by atoms with van der Waals surface area (Å²) in [7, 11) is 1.81. The Bertz CT molecular complexity index is 1020. The van der Waals surface area contributed by atoms with Gasteiger partial charge in [0.05, 0.1) is 11.1 Å². The highest BCUT2D eigenvalue weighted by Crippen LogP contribution is 2.32. The third kappa shape index (κ3) is 2.99. The lowest BCUT2D eigenvalue weighted by Gasteiger charge is -2.17. The van der Waals surface area contributed by atoms with Crippen molar-refractivity contribution < 1.29 is 14.7 Å². The molecule has 1 aliphatic heterocycles. The number of fused-ring (bicyclic) bond motifs is 3. The van der Waals surface area contributed by atoms with Gasteiger partial charge in [0.2, 0.25) is 0 Å². The Labute approximate surface area is 157 Å². The van der Waals surface area contributed by atoms with Crippen LogP contribution in [0.25, 0.3) is 10.9 Å². The second-order valence-corrected chi connectivity index (χ2v) is 7.05. The van der Waals surface area contributed by atoms with E-state index in [0.29, 0.717) is 24.3 Å². The molecule has 1 N–H and O–H groups in total. The van der Waals surface area contributed by atoms with Crippen molar-refractivity contribution in [2.45, 2.75) is 25.8 Å². The molecule has 4 rings (SSSR count). The molecule has 1 aliphatic rings. The number of rotatable bonds is 4. The van der Waals surface area contributed by atoms with Gasteiger partial charge in [-0.15, -0.1) is 0 Å². The van der Waals surface area contributed by atoms with E-state index in [4.69, 9.17) is 0 Å². The second kappa shape index (κ2) is 6.91. The van der Waals surface area contributed by atoms with Crippen molar-refractivity contribution in [1.29, 1.82) is 0 Å². The smallest absolute Gasteiger partial charge is 0.337 e. The van der Waals surface area contributed by atoms with Crippen LogP contribution in [0.3, 0.4) is 0 Å². The van der Waals surface area contributed by atoms with Gasteiger partial charge in [-0.25, -0.2) is 4.79 Å². The molecule has 2 aromatic carbocycles. The number of carbonyl (C=O) groups excluding carboxylic acids is 1. The average molecular weight is 362 g/mol. The van der Waals surface area contributed by atoms with Crippen LogP contribution >= 0.6 is 0 Å². The minimum absolute atomic E-state index is 0.0249. The maximum atomic E-state index is 13.1. The van der Waals surface area contributed by atoms with Gasteiger partial charge in [0.15, 0.2) is 0 Å². The number of carbonyl (C=O) groups is 2. The molecule has 0 saturated carbocycles. The third-order valence-electron chi connectivity index (χ3n) is 5.35. The molecule has 0 aliphatic carbocycles. The van der Waals surface area contributed by atoms with E-state index in [-0.39, 0.29) is 11.5 Å². The van der Waals surface area contributed by atoms with Crippen molar-refractivity contribution in [3.05, 3.63) is 70.9 Å². The number of carboxylic acids is 1. The van der Waals surface area contributed by atoms with Gasteiger partial charge in [-0.2, -0.15) is 0 Å². The number of hydrogen-bond donors (Lipinski definition) is 1. The number of para-hydroxylation sites is 1. The standard InChI is InChI=1S/C22H22N2O3/c1-23-13-6-11-17-16-9-5-10-18(22(26)27)19(16)24(20(17)21(23)25)14-12-15-7-3-2-4-8-15/h2-5,7-10H,6,11-14H2,1H3,(H,26,27). The average Bonchev–Trinajstić information content (AvgIpc) is 2.91. The van der Waals surface area contributed by atoms with Crippen LogP contribution in [0.4, 0.5) is 0 Å². The lowest BCUT2D eigenvalue weighted by atomic mass is 10.0. The van der Waals surface area contributed by atoms with E-state index in [0.717, 1.165) is 35.8 Å². The van der Waals surface area contributed by atoms with Crippen LogP contribution < -0.4 is 0 Å². The van der Waals surface area contributed by atoms with E-state index in [2.05, 4.69) is 12.1 Å². The first-order chi connectivity index (χ1) is 13.1. The van der Waals surface area contributed by atoms with Gasteiger partial charge in [0, 0.05) is 25.5 Å². The summed E-state index contributed by atoms with van der Waals surface area (Å²) in [6.07, 6.45) is 2.40. The summed E-state index contributed by atoms with van der Waals surface area (Å²) in [5.74, 6) is -0.988. The largest absolute Gasteiger partial charge is 0.478 e. The van der Waals surface area contributed by atoms with E-state index < -0.39 is 5.97 Å². The molecule has 0 unspecified atom stereocenters. The zero-order valence-corrected chi connectivity index (χ0v) is 15.3. The Morgan fingerprint density at radius 1 is 1.11 bits per heavy atom. The molecule has 0 fully saturated rings. The highest BCUT2D eigenvalue weighted by molar-refractivity contribution is 6.08. The molecule has 138 valence electrons. The van der Waals surface area contributed by atoms with Crippen LogP contribution in [0.15, 0.2) is 48.5 Å². The van der Waals surface area contributed by atoms with Crippen LogP contribution in [0.5, 0.6) is 0 Å². The van der Waals surface area contributed by atoms with Gasteiger partial charge in [-0.3, -0.25) is 4.79 Å². The Kier molecular flexibility index (Phi) is 4.44. The SMILES string of the molecule is CN1CCCc2c(n(CCc3ccccc3)c3c(C(=O)O)cccc23)C1=O. The normalized spacial score (nSPS) is 14.3. The van der Waals surface area contributed by atoms with Crippen LogP contribution in [0.1, 0.15) is 38.4 Å². The van der Waals surface area contributed by atoms with Crippen molar-refractivity contribution >= 4 is 22.8 Å². The molecule has 5 heteroatoms. The first-order valence-corrected chi connectivity index (χ1v) is 9.24. The molecule has 1 amide bonds. The quantitative estimate of drug-likeness (QED) is 0.771. The molecular formula is C22H22N2O3. The molecule has 0 spiro atoms. The lowest BCUT2D eigenvalue weighted by molar-refractivity contribution is 0.0697. The Balaban J connectivity index is 1.92. The summed E-state index contributed by atoms with van der Waals surface area (Å²) in [6.45, 7) is 1.28. The lowest BCUT2D eigenvalue weighted by Crippen LogP contribution is -2.28. The molecule has 0 saturated heterocycles. The highest BCUT2D eigenvalue weighted by Gasteiger charge is 2.29. The van der Waals surface area contributed by atoms with E-state index in [9.17, 15) is 14.7 Å². The summed E-state index contributed by atoms with van der Waals surface area (Å²) in [5.41, 5.74) is 3.71. The summed E-state index contributed by atoms with van der Waals surface area (Å²) in [4.78, 5) is 26.7. The molecule has 1 aromatic heterocycles. The van der Waals surface area contributed by atoms with Gasteiger partial charge in [0.25, 0.3) is 5.91 Å². The van der Waals surface area contributed by atoms with Gasteiger partial charge in [-0.05, 0) is 36.5 Å². The van der Waals surface area contributed by atoms with Crippen molar-refractivity contribution in [3.63, 3.8) is 0 Å². The van der Waals surface area contributed by atoms with Gasteiger partial charge >= 0.3 is 5.97 Å². The first kappa shape index (κ1) is 17.3. The summed E-state index contributed by atoms with van der Waals surface area (Å²) in [5, 5.41) is 10.6. The third-order valence-corrected chi connectivity index (χ3v) is 5.35. The van der Waals surface area contributed by atoms with Crippen molar-refractivity contribution in [2.24, 2.45) is 0 Å². The molecule has 3 aromatic rings. The number of nitrogens with zero attached hydrogens (tertiary/aromatic N) is 2. The van der Waals surface area contributed by atoms with E-state index in [1.807, 2.05) is 35.9 Å². The molecule has 0 atom stereocenters. The summed E-state index contributed by atoms with van der Waals surface area (Å²) in [6, 6.07) is 15.4. The molecular weight excluding hydrogens is 340 g/mol. The summed E-state index contributed by atoms with van der Waals surface area (Å²) < 4.78 is 1.94. The topological polar surface area (TPSA) is 62.5 Å². The molecule has 27 heavy (non-hydrogen) atoms. The fraction of sp³-hybridized carbons (Fsp3) is 0.273. The predicted octanol–water partition coefficient (Wildman–Crippen LogP) is 3.60. The van der Waals surface area contributed by atoms with Crippen LogP contribution in [0.2, 0.25) is 0 Å². The number of hydrogen-bond acceptors (Lipinski definition) is 2. The van der Waals surface area contributed by atoms with Gasteiger partial charge < -0.3 is 14.6 Å². The number of carboxylic acid groups (broad SMARTS) is 1. The van der Waals surface area contributed by atoms with Crippen molar-refractivity contribution in [2.75, 3.05) is 13.6 Å². The maximum Gasteiger partial charge on any atom is 0.337 e. The zero-order valence-electron chi connectivity index (χ0n) is 15.3. The zero-order chi connectivity index (χ0) is 19.0. The minimum atomic E-state index is -0.963. The number of benzene rings is 2. The Hall–Kier alpha value is -3.08. The fourth-order valence-corrected chi connectivity index (χ4v) is 4.03. The number of aryl methyl sites for hydroxylation is 3. The van der Waals surface area contributed by atoms with Gasteiger partial charge in [0.1, 0.15) is 5.69 Å². The molecule has 5 nitrogen and oxygen atoms in total. The molecule has 2 heterocycles. The van der Waals surface area contributed by atoms with Gasteiger partial charge in [-0.1, -0.05) is 42.5 Å². The number of aromatic carboxylic acids is 1. The van der Waals surface area contributed by atoms with Crippen LogP contribution in [0, 0.1) is 0 Å². The Morgan fingerprint density at radius 3 is 2.63 bits per heavy atom.